The van der Waals surface area contributed by atoms with Crippen molar-refractivity contribution in [3.05, 3.63) is 42.5 Å². The van der Waals surface area contributed by atoms with Gasteiger partial charge in [0.05, 0.1) is 4.90 Å². The average molecular weight is 308 g/mol. The molecule has 0 aliphatic rings. The Kier molecular flexibility index (Phi) is 5.11. The molecule has 0 bridgehead atoms. The first kappa shape index (κ1) is 15.7. The molecule has 0 unspecified atom stereocenters. The van der Waals surface area contributed by atoms with Crippen LogP contribution in [-0.2, 0) is 16.4 Å². The van der Waals surface area contributed by atoms with Crippen LogP contribution in [0.2, 0.25) is 0 Å². The first-order chi connectivity index (χ1) is 10.1. The molecule has 2 aromatic rings. The van der Waals surface area contributed by atoms with Crippen LogP contribution in [0.3, 0.4) is 0 Å². The van der Waals surface area contributed by atoms with Gasteiger partial charge in [0.15, 0.2) is 0 Å². The molecule has 114 valence electrons. The number of hydrogen-bond acceptors (Lipinski definition) is 4. The number of nitrogens with two attached hydrogens (primary N) is 1. The molecule has 2 rings (SSSR count). The Bertz CT molecular complexity index is 677. The number of nitrogens with zero attached hydrogens (tertiary/aromatic N) is 2. The van der Waals surface area contributed by atoms with Gasteiger partial charge < -0.3 is 10.3 Å². The first-order valence-corrected chi connectivity index (χ1v) is 8.39. The molecule has 0 fully saturated rings. The number of rotatable bonds is 7. The highest BCUT2D eigenvalue weighted by molar-refractivity contribution is 7.89. The van der Waals surface area contributed by atoms with Crippen molar-refractivity contribution in [1.82, 2.24) is 14.3 Å². The van der Waals surface area contributed by atoms with E-state index in [1.165, 1.54) is 0 Å². The van der Waals surface area contributed by atoms with Gasteiger partial charge in [0.2, 0.25) is 10.0 Å². The minimum atomic E-state index is -3.42. The van der Waals surface area contributed by atoms with Gasteiger partial charge in [0, 0.05) is 31.0 Å². The zero-order valence-corrected chi connectivity index (χ0v) is 12.8. The molecule has 7 heteroatoms. The highest BCUT2D eigenvalue weighted by atomic mass is 32.2. The van der Waals surface area contributed by atoms with Crippen LogP contribution < -0.4 is 10.5 Å². The molecule has 0 spiro atoms. The van der Waals surface area contributed by atoms with Gasteiger partial charge in [-0.3, -0.25) is 0 Å². The maximum absolute atomic E-state index is 12.0. The zero-order chi connectivity index (χ0) is 15.3. The number of imidazole rings is 1. The molecule has 0 amide bonds. The predicted molar refractivity (Wildman–Crippen MR) is 81.8 cm³/mol. The molecule has 6 nitrogen and oxygen atoms in total. The van der Waals surface area contributed by atoms with E-state index in [4.69, 9.17) is 5.73 Å². The van der Waals surface area contributed by atoms with Crippen LogP contribution in [0.15, 0.2) is 41.6 Å². The average Bonchev–Trinajstić information content (AvgIpc) is 2.94. The Morgan fingerprint density at radius 2 is 2.00 bits per heavy atom. The Hall–Kier alpha value is -1.70. The van der Waals surface area contributed by atoms with Gasteiger partial charge in [-0.1, -0.05) is 6.92 Å². The van der Waals surface area contributed by atoms with Crippen LogP contribution in [0.4, 0.5) is 0 Å². The topological polar surface area (TPSA) is 90.0 Å². The highest BCUT2D eigenvalue weighted by Gasteiger charge is 2.13. The Morgan fingerprint density at radius 3 is 2.62 bits per heavy atom. The number of nitrogens with one attached hydrogen (secondary N) is 1. The summed E-state index contributed by atoms with van der Waals surface area (Å²) in [5, 5.41) is 0. The summed E-state index contributed by atoms with van der Waals surface area (Å²) in [5.74, 6) is 0.859. The lowest BCUT2D eigenvalue weighted by atomic mass is 10.3. The van der Waals surface area contributed by atoms with E-state index in [2.05, 4.69) is 9.71 Å². The van der Waals surface area contributed by atoms with Crippen LogP contribution in [-0.4, -0.2) is 31.1 Å². The van der Waals surface area contributed by atoms with Crippen molar-refractivity contribution in [2.75, 3.05) is 13.1 Å². The summed E-state index contributed by atoms with van der Waals surface area (Å²) in [5.41, 5.74) is 6.42. The molecule has 0 aliphatic carbocycles. The molecule has 1 aromatic heterocycles. The van der Waals surface area contributed by atoms with Gasteiger partial charge >= 0.3 is 0 Å². The first-order valence-electron chi connectivity index (χ1n) is 6.91. The Morgan fingerprint density at radius 1 is 1.29 bits per heavy atom. The minimum absolute atomic E-state index is 0.264. The molecule has 0 saturated carbocycles. The van der Waals surface area contributed by atoms with Crippen LogP contribution in [0.5, 0.6) is 0 Å². The van der Waals surface area contributed by atoms with E-state index in [0.717, 1.165) is 17.9 Å². The standard InChI is InChI=1S/C14H20N4O2S/c1-2-9-17-21(19,20)13-5-3-12(4-6-13)18-11-10-16-14(18)7-8-15/h3-6,10-11,17H,2,7-9,15H2,1H3. The Balaban J connectivity index is 2.25. The molecule has 0 aliphatic heterocycles. The van der Waals surface area contributed by atoms with Crippen LogP contribution in [0.25, 0.3) is 5.69 Å². The lowest BCUT2D eigenvalue weighted by Gasteiger charge is -2.09. The second-order valence-electron chi connectivity index (χ2n) is 4.64. The highest BCUT2D eigenvalue weighted by Crippen LogP contribution is 2.15. The zero-order valence-electron chi connectivity index (χ0n) is 12.0. The molecule has 0 atom stereocenters. The van der Waals surface area contributed by atoms with E-state index >= 15 is 0 Å². The lowest BCUT2D eigenvalue weighted by Crippen LogP contribution is -2.24. The molecular formula is C14H20N4O2S. The van der Waals surface area contributed by atoms with E-state index in [9.17, 15) is 8.42 Å². The van der Waals surface area contributed by atoms with Gasteiger partial charge in [0.1, 0.15) is 5.82 Å². The van der Waals surface area contributed by atoms with Crippen LogP contribution >= 0.6 is 0 Å². The van der Waals surface area contributed by atoms with E-state index in [1.54, 1.807) is 30.5 Å². The number of hydrogen-bond donors (Lipinski definition) is 2. The summed E-state index contributed by atoms with van der Waals surface area (Å²) in [6.45, 7) is 2.88. The quantitative estimate of drug-likeness (QED) is 0.800. The molecule has 1 heterocycles. The fraction of sp³-hybridized carbons (Fsp3) is 0.357. The largest absolute Gasteiger partial charge is 0.330 e. The van der Waals surface area contributed by atoms with Crippen molar-refractivity contribution >= 4 is 10.0 Å². The summed E-state index contributed by atoms with van der Waals surface area (Å²) in [6, 6.07) is 6.73. The van der Waals surface area contributed by atoms with Crippen LogP contribution in [0.1, 0.15) is 19.2 Å². The molecule has 21 heavy (non-hydrogen) atoms. The monoisotopic (exact) mass is 308 g/mol. The van der Waals surface area contributed by atoms with Crippen molar-refractivity contribution in [1.29, 1.82) is 0 Å². The number of benzene rings is 1. The molecule has 3 N–H and O–H groups in total. The normalized spacial score (nSPS) is 11.7. The summed E-state index contributed by atoms with van der Waals surface area (Å²) in [6.07, 6.45) is 4.97. The molecule has 0 saturated heterocycles. The summed E-state index contributed by atoms with van der Waals surface area (Å²) >= 11 is 0. The van der Waals surface area contributed by atoms with Crippen molar-refractivity contribution in [3.63, 3.8) is 0 Å². The second kappa shape index (κ2) is 6.84. The molecular weight excluding hydrogens is 288 g/mol. The summed E-state index contributed by atoms with van der Waals surface area (Å²) in [7, 11) is -3.42. The van der Waals surface area contributed by atoms with Crippen molar-refractivity contribution in [3.8, 4) is 5.69 Å². The van der Waals surface area contributed by atoms with E-state index < -0.39 is 10.0 Å². The van der Waals surface area contributed by atoms with Gasteiger partial charge in [0.25, 0.3) is 0 Å². The maximum Gasteiger partial charge on any atom is 0.240 e. The SMILES string of the molecule is CCCNS(=O)(=O)c1ccc(-n2ccnc2CCN)cc1. The van der Waals surface area contributed by atoms with E-state index in [0.29, 0.717) is 19.5 Å². The van der Waals surface area contributed by atoms with Crippen molar-refractivity contribution < 1.29 is 8.42 Å². The van der Waals surface area contributed by atoms with Crippen molar-refractivity contribution in [2.45, 2.75) is 24.7 Å². The fourth-order valence-corrected chi connectivity index (χ4v) is 3.12. The smallest absolute Gasteiger partial charge is 0.240 e. The summed E-state index contributed by atoms with van der Waals surface area (Å²) in [4.78, 5) is 4.51. The van der Waals surface area contributed by atoms with Crippen molar-refractivity contribution in [2.24, 2.45) is 5.73 Å². The van der Waals surface area contributed by atoms with Gasteiger partial charge in [-0.2, -0.15) is 0 Å². The van der Waals surface area contributed by atoms with Crippen LogP contribution in [0, 0.1) is 0 Å². The summed E-state index contributed by atoms with van der Waals surface area (Å²) < 4.78 is 28.5. The minimum Gasteiger partial charge on any atom is -0.330 e. The number of aromatic nitrogens is 2. The lowest BCUT2D eigenvalue weighted by molar-refractivity contribution is 0.581. The molecule has 1 aromatic carbocycles. The third kappa shape index (κ3) is 3.69. The van der Waals surface area contributed by atoms with Gasteiger partial charge in [-0.15, -0.1) is 0 Å². The van der Waals surface area contributed by atoms with Gasteiger partial charge in [-0.25, -0.2) is 18.1 Å². The third-order valence-corrected chi connectivity index (χ3v) is 4.53. The maximum atomic E-state index is 12.0. The molecule has 0 radical (unpaired) electrons. The Labute approximate surface area is 125 Å². The fourth-order valence-electron chi connectivity index (χ4n) is 1.99. The number of sulfonamides is 1. The van der Waals surface area contributed by atoms with Gasteiger partial charge in [-0.05, 0) is 37.2 Å². The van der Waals surface area contributed by atoms with E-state index in [-0.39, 0.29) is 4.90 Å². The third-order valence-electron chi connectivity index (χ3n) is 3.05. The van der Waals surface area contributed by atoms with E-state index in [1.807, 2.05) is 17.7 Å². The predicted octanol–water partition coefficient (Wildman–Crippen LogP) is 1.06. The second-order valence-corrected chi connectivity index (χ2v) is 6.41.